The van der Waals surface area contributed by atoms with Crippen LogP contribution in [0.4, 0.5) is 0 Å². The molecule has 0 spiro atoms. The number of hydrogen-bond acceptors (Lipinski definition) is 3. The van der Waals surface area contributed by atoms with Crippen molar-refractivity contribution in [2.45, 2.75) is 25.3 Å². The van der Waals surface area contributed by atoms with Crippen molar-refractivity contribution in [1.82, 2.24) is 0 Å². The smallest absolute Gasteiger partial charge is 0.0701 e. The van der Waals surface area contributed by atoms with Gasteiger partial charge in [0.2, 0.25) is 0 Å². The van der Waals surface area contributed by atoms with Gasteiger partial charge in [0.1, 0.15) is 0 Å². The van der Waals surface area contributed by atoms with Gasteiger partial charge >= 0.3 is 0 Å². The lowest BCUT2D eigenvalue weighted by Gasteiger charge is -2.10. The Bertz CT molecular complexity index is 115. The predicted molar refractivity (Wildman–Crippen MR) is 48.0 cm³/mol. The van der Waals surface area contributed by atoms with Gasteiger partial charge in [0.05, 0.1) is 19.8 Å². The highest BCUT2D eigenvalue weighted by Crippen LogP contribution is 2.32. The Morgan fingerprint density at radius 2 is 2.17 bits per heavy atom. The Labute approximate surface area is 74.2 Å². The largest absolute Gasteiger partial charge is 0.382 e. The Hall–Kier alpha value is -0.120. The Morgan fingerprint density at radius 1 is 1.42 bits per heavy atom. The van der Waals surface area contributed by atoms with E-state index in [1.807, 2.05) is 0 Å². The fraction of sp³-hybridized carbons (Fsp3) is 1.00. The van der Waals surface area contributed by atoms with Gasteiger partial charge in [-0.05, 0) is 12.3 Å². The summed E-state index contributed by atoms with van der Waals surface area (Å²) in [4.78, 5) is 0. The molecule has 0 aromatic heterocycles. The minimum absolute atomic E-state index is 0.231. The summed E-state index contributed by atoms with van der Waals surface area (Å²) in [7, 11) is 1.67. The summed E-state index contributed by atoms with van der Waals surface area (Å²) in [5.74, 6) is 0.894. The van der Waals surface area contributed by atoms with Gasteiger partial charge < -0.3 is 15.2 Å². The van der Waals surface area contributed by atoms with Crippen LogP contribution in [0.5, 0.6) is 0 Å². The predicted octanol–water partition coefficient (Wildman–Crippen LogP) is 0.777. The third-order valence-electron chi connectivity index (χ3n) is 2.10. The number of ether oxygens (including phenoxy) is 2. The number of hydrogen-bond donors (Lipinski definition) is 1. The van der Waals surface area contributed by atoms with Gasteiger partial charge in [0, 0.05) is 13.2 Å². The lowest BCUT2D eigenvalue weighted by Crippen LogP contribution is -2.27. The van der Waals surface area contributed by atoms with Crippen LogP contribution < -0.4 is 5.73 Å². The SMILES string of the molecule is COCCOC[C@@H](N)CC1CC1. The summed E-state index contributed by atoms with van der Waals surface area (Å²) in [6.07, 6.45) is 3.87. The van der Waals surface area contributed by atoms with Gasteiger partial charge in [-0.1, -0.05) is 12.8 Å². The molecule has 12 heavy (non-hydrogen) atoms. The van der Waals surface area contributed by atoms with Crippen LogP contribution in [0.3, 0.4) is 0 Å². The fourth-order valence-electron chi connectivity index (χ4n) is 1.23. The molecule has 0 aromatic carbocycles. The van der Waals surface area contributed by atoms with E-state index in [1.54, 1.807) is 7.11 Å². The fourth-order valence-corrected chi connectivity index (χ4v) is 1.23. The van der Waals surface area contributed by atoms with Gasteiger partial charge in [-0.25, -0.2) is 0 Å². The summed E-state index contributed by atoms with van der Waals surface area (Å²) in [5.41, 5.74) is 5.83. The highest BCUT2D eigenvalue weighted by molar-refractivity contribution is 4.78. The van der Waals surface area contributed by atoms with Crippen molar-refractivity contribution in [2.75, 3.05) is 26.9 Å². The van der Waals surface area contributed by atoms with Gasteiger partial charge in [-0.15, -0.1) is 0 Å². The normalized spacial score (nSPS) is 19.5. The molecule has 1 saturated carbocycles. The van der Waals surface area contributed by atoms with Gasteiger partial charge in [-0.3, -0.25) is 0 Å². The average Bonchev–Trinajstić information content (AvgIpc) is 2.82. The lowest BCUT2D eigenvalue weighted by molar-refractivity contribution is 0.0620. The standard InChI is InChI=1S/C9H19NO2/c1-11-4-5-12-7-9(10)6-8-2-3-8/h8-9H,2-7,10H2,1H3/t9-/m0/s1. The number of methoxy groups -OCH3 is 1. The van der Waals surface area contributed by atoms with E-state index in [4.69, 9.17) is 15.2 Å². The molecule has 1 fully saturated rings. The highest BCUT2D eigenvalue weighted by atomic mass is 16.5. The zero-order valence-electron chi connectivity index (χ0n) is 7.79. The molecule has 1 atom stereocenters. The van der Waals surface area contributed by atoms with Crippen LogP contribution in [0.15, 0.2) is 0 Å². The van der Waals surface area contributed by atoms with Crippen LogP contribution >= 0.6 is 0 Å². The molecule has 0 aliphatic heterocycles. The van der Waals surface area contributed by atoms with E-state index in [2.05, 4.69) is 0 Å². The molecule has 2 N–H and O–H groups in total. The number of rotatable bonds is 7. The second-order valence-corrected chi connectivity index (χ2v) is 3.51. The van der Waals surface area contributed by atoms with Crippen LogP contribution in [-0.2, 0) is 9.47 Å². The first-order valence-electron chi connectivity index (χ1n) is 4.65. The van der Waals surface area contributed by atoms with Crippen LogP contribution in [0.2, 0.25) is 0 Å². The average molecular weight is 173 g/mol. The summed E-state index contributed by atoms with van der Waals surface area (Å²) >= 11 is 0. The molecule has 0 saturated heterocycles. The first-order valence-corrected chi connectivity index (χ1v) is 4.65. The van der Waals surface area contributed by atoms with Crippen LogP contribution in [0.25, 0.3) is 0 Å². The summed E-state index contributed by atoms with van der Waals surface area (Å²) in [5, 5.41) is 0. The van der Waals surface area contributed by atoms with E-state index in [-0.39, 0.29) is 6.04 Å². The summed E-state index contributed by atoms with van der Waals surface area (Å²) in [6.45, 7) is 2.00. The molecule has 0 heterocycles. The molecule has 1 aliphatic carbocycles. The van der Waals surface area contributed by atoms with Crippen LogP contribution in [-0.4, -0.2) is 33.0 Å². The molecular formula is C9H19NO2. The van der Waals surface area contributed by atoms with Gasteiger partial charge in [-0.2, -0.15) is 0 Å². The van der Waals surface area contributed by atoms with Crippen LogP contribution in [0, 0.1) is 5.92 Å². The Morgan fingerprint density at radius 3 is 2.75 bits per heavy atom. The van der Waals surface area contributed by atoms with E-state index in [9.17, 15) is 0 Å². The molecule has 3 heteroatoms. The first kappa shape index (κ1) is 9.96. The molecule has 72 valence electrons. The van der Waals surface area contributed by atoms with Crippen molar-refractivity contribution in [3.63, 3.8) is 0 Å². The molecule has 0 aromatic rings. The van der Waals surface area contributed by atoms with Crippen molar-refractivity contribution in [3.8, 4) is 0 Å². The van der Waals surface area contributed by atoms with E-state index < -0.39 is 0 Å². The zero-order valence-corrected chi connectivity index (χ0v) is 7.79. The second kappa shape index (κ2) is 5.51. The Kier molecular flexibility index (Phi) is 4.58. The molecular weight excluding hydrogens is 154 g/mol. The van der Waals surface area contributed by atoms with Crippen LogP contribution in [0.1, 0.15) is 19.3 Å². The van der Waals surface area contributed by atoms with Crippen molar-refractivity contribution in [3.05, 3.63) is 0 Å². The zero-order chi connectivity index (χ0) is 8.81. The second-order valence-electron chi connectivity index (χ2n) is 3.51. The minimum Gasteiger partial charge on any atom is -0.382 e. The first-order chi connectivity index (χ1) is 5.83. The monoisotopic (exact) mass is 173 g/mol. The van der Waals surface area contributed by atoms with E-state index in [0.717, 1.165) is 12.3 Å². The summed E-state index contributed by atoms with van der Waals surface area (Å²) in [6, 6.07) is 0.231. The molecule has 3 nitrogen and oxygen atoms in total. The van der Waals surface area contributed by atoms with Crippen molar-refractivity contribution in [1.29, 1.82) is 0 Å². The maximum atomic E-state index is 5.83. The van der Waals surface area contributed by atoms with Crippen molar-refractivity contribution >= 4 is 0 Å². The topological polar surface area (TPSA) is 44.5 Å². The molecule has 0 unspecified atom stereocenters. The van der Waals surface area contributed by atoms with Gasteiger partial charge in [0.25, 0.3) is 0 Å². The highest BCUT2D eigenvalue weighted by Gasteiger charge is 2.23. The molecule has 0 amide bonds. The lowest BCUT2D eigenvalue weighted by atomic mass is 10.2. The molecule has 1 rings (SSSR count). The van der Waals surface area contributed by atoms with E-state index in [0.29, 0.717) is 19.8 Å². The van der Waals surface area contributed by atoms with E-state index >= 15 is 0 Å². The Balaban J connectivity index is 1.83. The van der Waals surface area contributed by atoms with E-state index in [1.165, 1.54) is 12.8 Å². The maximum Gasteiger partial charge on any atom is 0.0701 e. The van der Waals surface area contributed by atoms with Crippen molar-refractivity contribution < 1.29 is 9.47 Å². The third-order valence-corrected chi connectivity index (χ3v) is 2.10. The third kappa shape index (κ3) is 4.70. The molecule has 0 bridgehead atoms. The minimum atomic E-state index is 0.231. The molecule has 0 radical (unpaired) electrons. The number of nitrogens with two attached hydrogens (primary N) is 1. The van der Waals surface area contributed by atoms with Crippen molar-refractivity contribution in [2.24, 2.45) is 11.7 Å². The molecule has 1 aliphatic rings. The quantitative estimate of drug-likeness (QED) is 0.578. The van der Waals surface area contributed by atoms with Gasteiger partial charge in [0.15, 0.2) is 0 Å². The maximum absolute atomic E-state index is 5.83. The summed E-state index contributed by atoms with van der Waals surface area (Å²) < 4.78 is 10.2.